The number of hydrogen-bond acceptors (Lipinski definition) is 7. The summed E-state index contributed by atoms with van der Waals surface area (Å²) in [5.41, 5.74) is 0. The van der Waals surface area contributed by atoms with Gasteiger partial charge in [-0.1, -0.05) is 30.0 Å². The number of likely N-dealkylation sites (N-methyl/N-ethyl adjacent to an activating group) is 1. The maximum Gasteiger partial charge on any atom is 0.335 e. The lowest BCUT2D eigenvalue weighted by molar-refractivity contribution is -0.128. The molecule has 1 fully saturated rings. The highest BCUT2D eigenvalue weighted by Crippen LogP contribution is 2.31. The maximum atomic E-state index is 11.8. The second-order valence-corrected chi connectivity index (χ2v) is 5.94. The fraction of sp³-hybridized carbons (Fsp3) is 0.556. The topological polar surface area (TPSA) is 86.6 Å². The van der Waals surface area contributed by atoms with Crippen LogP contribution < -0.4 is 4.90 Å². The van der Waals surface area contributed by atoms with Gasteiger partial charge in [-0.25, -0.2) is 9.69 Å². The number of urea groups is 1. The molecule has 0 radical (unpaired) electrons. The molecule has 9 heteroatoms. The van der Waals surface area contributed by atoms with Gasteiger partial charge in [0.2, 0.25) is 11.4 Å². The smallest absolute Gasteiger partial charge is 0.335 e. The van der Waals surface area contributed by atoms with Crippen LogP contribution >= 0.6 is 23.1 Å². The number of aliphatic hydroxyl groups is 1. The van der Waals surface area contributed by atoms with Crippen LogP contribution in [0.4, 0.5) is 9.93 Å². The molecule has 3 amide bonds. The molecule has 1 aromatic rings. The van der Waals surface area contributed by atoms with Crippen molar-refractivity contribution in [3.8, 4) is 0 Å². The van der Waals surface area contributed by atoms with Crippen LogP contribution in [0.3, 0.4) is 0 Å². The lowest BCUT2D eigenvalue weighted by Crippen LogP contribution is -2.31. The van der Waals surface area contributed by atoms with Gasteiger partial charge in [0.05, 0.1) is 0 Å². The van der Waals surface area contributed by atoms with Crippen molar-refractivity contribution in [2.45, 2.75) is 23.9 Å². The minimum Gasteiger partial charge on any atom is -0.365 e. The molecule has 1 aliphatic heterocycles. The van der Waals surface area contributed by atoms with Crippen LogP contribution in [-0.2, 0) is 4.79 Å². The summed E-state index contributed by atoms with van der Waals surface area (Å²) in [5, 5.41) is 17.4. The van der Waals surface area contributed by atoms with E-state index in [0.29, 0.717) is 4.34 Å². The monoisotopic (exact) mass is 288 g/mol. The van der Waals surface area contributed by atoms with Gasteiger partial charge < -0.3 is 5.11 Å². The first-order valence-corrected chi connectivity index (χ1v) is 7.11. The molecule has 0 aliphatic carbocycles. The Bertz CT molecular complexity index is 458. The van der Waals surface area contributed by atoms with Gasteiger partial charge in [-0.05, 0) is 6.42 Å². The van der Waals surface area contributed by atoms with E-state index in [0.717, 1.165) is 22.0 Å². The summed E-state index contributed by atoms with van der Waals surface area (Å²) in [5.74, 6) is 0.213. The summed E-state index contributed by atoms with van der Waals surface area (Å²) in [6, 6.07) is -0.587. The molecule has 0 spiro atoms. The van der Waals surface area contributed by atoms with Crippen LogP contribution in [0, 0.1) is 0 Å². The normalized spacial score (nSPS) is 20.1. The van der Waals surface area contributed by atoms with Gasteiger partial charge in [-0.2, -0.15) is 0 Å². The van der Waals surface area contributed by atoms with E-state index in [9.17, 15) is 14.7 Å². The predicted molar refractivity (Wildman–Crippen MR) is 67.6 cm³/mol. The number of aliphatic hydroxyl groups excluding tert-OH is 1. The third kappa shape index (κ3) is 2.20. The summed E-state index contributed by atoms with van der Waals surface area (Å²) in [6.45, 7) is 2.05. The highest BCUT2D eigenvalue weighted by molar-refractivity contribution is 8.01. The molecule has 98 valence electrons. The molecule has 1 saturated heterocycles. The lowest BCUT2D eigenvalue weighted by Gasteiger charge is -2.09. The van der Waals surface area contributed by atoms with E-state index in [1.165, 1.54) is 30.1 Å². The molecule has 0 aromatic carbocycles. The lowest BCUT2D eigenvalue weighted by atomic mass is 10.5. The number of aromatic nitrogens is 2. The Balaban J connectivity index is 2.19. The molecule has 1 aromatic heterocycles. The Morgan fingerprint density at radius 2 is 2.17 bits per heavy atom. The number of carbonyl (C=O) groups is 2. The van der Waals surface area contributed by atoms with Gasteiger partial charge in [-0.3, -0.25) is 9.69 Å². The quantitative estimate of drug-likeness (QED) is 0.500. The molecule has 7 nitrogen and oxygen atoms in total. The van der Waals surface area contributed by atoms with E-state index in [2.05, 4.69) is 10.2 Å². The number of anilines is 1. The standard InChI is InChI=1S/C9H12N4O3S2/c1-3-4-17-8-11-10-7(18-8)13-6(15)5(14)12(2)9(13)16/h5,14H,3-4H2,1-2H3. The molecule has 0 saturated carbocycles. The Labute approximate surface area is 112 Å². The largest absolute Gasteiger partial charge is 0.365 e. The van der Waals surface area contributed by atoms with Crippen molar-refractivity contribution in [2.24, 2.45) is 0 Å². The highest BCUT2D eigenvalue weighted by Gasteiger charge is 2.44. The van der Waals surface area contributed by atoms with Gasteiger partial charge in [0.15, 0.2) is 4.34 Å². The average Bonchev–Trinajstić information content (AvgIpc) is 2.88. The van der Waals surface area contributed by atoms with Crippen molar-refractivity contribution in [3.05, 3.63) is 0 Å². The Hall–Kier alpha value is -1.19. The molecule has 1 atom stereocenters. The van der Waals surface area contributed by atoms with Gasteiger partial charge in [0.1, 0.15) is 0 Å². The number of amides is 3. The van der Waals surface area contributed by atoms with Crippen LogP contribution in [0.5, 0.6) is 0 Å². The number of rotatable bonds is 4. The Morgan fingerprint density at radius 3 is 2.72 bits per heavy atom. The third-order valence-corrected chi connectivity index (χ3v) is 4.57. The van der Waals surface area contributed by atoms with Crippen LogP contribution in [-0.4, -0.2) is 51.2 Å². The molecule has 1 N–H and O–H groups in total. The fourth-order valence-corrected chi connectivity index (χ4v) is 3.12. The third-order valence-electron chi connectivity index (χ3n) is 2.32. The summed E-state index contributed by atoms with van der Waals surface area (Å²) >= 11 is 2.69. The van der Waals surface area contributed by atoms with Crippen molar-refractivity contribution in [3.63, 3.8) is 0 Å². The first-order chi connectivity index (χ1) is 8.56. The van der Waals surface area contributed by atoms with Crippen molar-refractivity contribution in [2.75, 3.05) is 17.7 Å². The second-order valence-electron chi connectivity index (χ2n) is 3.64. The van der Waals surface area contributed by atoms with Crippen molar-refractivity contribution < 1.29 is 14.7 Å². The first-order valence-electron chi connectivity index (χ1n) is 5.31. The number of nitrogens with zero attached hydrogens (tertiary/aromatic N) is 4. The number of thioether (sulfide) groups is 1. The van der Waals surface area contributed by atoms with E-state index in [1.807, 2.05) is 6.92 Å². The molecule has 18 heavy (non-hydrogen) atoms. The van der Waals surface area contributed by atoms with E-state index >= 15 is 0 Å². The predicted octanol–water partition coefficient (Wildman–Crippen LogP) is 0.757. The molecular weight excluding hydrogens is 276 g/mol. The Morgan fingerprint density at radius 1 is 1.44 bits per heavy atom. The summed E-state index contributed by atoms with van der Waals surface area (Å²) < 4.78 is 0.705. The van der Waals surface area contributed by atoms with Gasteiger partial charge >= 0.3 is 6.03 Å². The zero-order chi connectivity index (χ0) is 13.3. The number of imide groups is 1. The molecular formula is C9H12N4O3S2. The minimum absolute atomic E-state index is 0.201. The van der Waals surface area contributed by atoms with E-state index < -0.39 is 18.2 Å². The number of hydrogen-bond donors (Lipinski definition) is 1. The molecule has 2 rings (SSSR count). The minimum atomic E-state index is -1.44. The van der Waals surface area contributed by atoms with Crippen LogP contribution in [0.2, 0.25) is 0 Å². The van der Waals surface area contributed by atoms with Crippen LogP contribution in [0.15, 0.2) is 4.34 Å². The summed E-state index contributed by atoms with van der Waals surface area (Å²) in [7, 11) is 1.36. The molecule has 1 unspecified atom stereocenters. The molecule has 2 heterocycles. The SMILES string of the molecule is CCCSc1nnc(N2C(=O)C(O)N(C)C2=O)s1. The molecule has 1 aliphatic rings. The van der Waals surface area contributed by atoms with Gasteiger partial charge in [0.25, 0.3) is 5.91 Å². The molecule has 0 bridgehead atoms. The van der Waals surface area contributed by atoms with E-state index in [1.54, 1.807) is 0 Å². The zero-order valence-electron chi connectivity index (χ0n) is 9.86. The average molecular weight is 288 g/mol. The maximum absolute atomic E-state index is 11.8. The highest BCUT2D eigenvalue weighted by atomic mass is 32.2. The summed E-state index contributed by atoms with van der Waals surface area (Å²) in [6.07, 6.45) is -0.434. The van der Waals surface area contributed by atoms with Crippen LogP contribution in [0.25, 0.3) is 0 Å². The van der Waals surface area contributed by atoms with Gasteiger partial charge in [-0.15, -0.1) is 10.2 Å². The van der Waals surface area contributed by atoms with Crippen molar-refractivity contribution in [1.82, 2.24) is 15.1 Å². The van der Waals surface area contributed by atoms with Crippen molar-refractivity contribution in [1.29, 1.82) is 0 Å². The van der Waals surface area contributed by atoms with Crippen LogP contribution in [0.1, 0.15) is 13.3 Å². The fourth-order valence-electron chi connectivity index (χ4n) is 1.35. The Kier molecular flexibility index (Phi) is 3.83. The van der Waals surface area contributed by atoms with Crippen molar-refractivity contribution >= 4 is 40.2 Å². The van der Waals surface area contributed by atoms with E-state index in [-0.39, 0.29) is 5.13 Å². The first kappa shape index (κ1) is 13.2. The van der Waals surface area contributed by atoms with E-state index in [4.69, 9.17) is 0 Å². The van der Waals surface area contributed by atoms with Gasteiger partial charge in [0, 0.05) is 12.8 Å². The second kappa shape index (κ2) is 5.21. The zero-order valence-corrected chi connectivity index (χ0v) is 11.5. The summed E-state index contributed by atoms with van der Waals surface area (Å²) in [4.78, 5) is 25.3. The number of carbonyl (C=O) groups excluding carboxylic acids is 2.